The monoisotopic (exact) mass is 467 g/mol. The molecule has 0 radical (unpaired) electrons. The van der Waals surface area contributed by atoms with Gasteiger partial charge in [0, 0.05) is 46.0 Å². The van der Waals surface area contributed by atoms with Crippen LogP contribution in [0.1, 0.15) is 19.4 Å². The van der Waals surface area contributed by atoms with E-state index in [1.165, 1.54) is 0 Å². The summed E-state index contributed by atoms with van der Waals surface area (Å²) in [6, 6.07) is 19.8. The Bertz CT molecular complexity index is 976. The van der Waals surface area contributed by atoms with Crippen LogP contribution in [0, 0.1) is 5.92 Å². The van der Waals surface area contributed by atoms with Gasteiger partial charge in [0.15, 0.2) is 0 Å². The molecule has 1 heterocycles. The van der Waals surface area contributed by atoms with Gasteiger partial charge in [0.25, 0.3) is 0 Å². The molecule has 0 saturated heterocycles. The molecule has 0 unspecified atom stereocenters. The first-order valence-electron chi connectivity index (χ1n) is 11.8. The number of rotatable bonds is 14. The van der Waals surface area contributed by atoms with Crippen LogP contribution in [-0.4, -0.2) is 65.9 Å². The maximum Gasteiger partial charge on any atom is 0.222 e. The zero-order valence-corrected chi connectivity index (χ0v) is 20.7. The number of aliphatic hydroxyl groups excluding tert-OH is 1. The van der Waals surface area contributed by atoms with Crippen LogP contribution in [0.2, 0.25) is 0 Å². The van der Waals surface area contributed by atoms with E-state index < -0.39 is 6.10 Å². The molecule has 3 aromatic rings. The lowest BCUT2D eigenvalue weighted by Crippen LogP contribution is -2.37. The normalized spacial score (nSPS) is 12.4. The van der Waals surface area contributed by atoms with Gasteiger partial charge in [-0.05, 0) is 18.1 Å². The highest BCUT2D eigenvalue weighted by Crippen LogP contribution is 2.34. The Hall–Kier alpha value is -2.71. The fourth-order valence-electron chi connectivity index (χ4n) is 3.72. The lowest BCUT2D eigenvalue weighted by molar-refractivity contribution is 0.00329. The number of nitrogens with zero attached hydrogens (tertiary/aromatic N) is 3. The van der Waals surface area contributed by atoms with Crippen molar-refractivity contribution in [3.63, 3.8) is 0 Å². The second-order valence-corrected chi connectivity index (χ2v) is 8.85. The van der Waals surface area contributed by atoms with E-state index in [0.717, 1.165) is 22.6 Å². The number of ether oxygens (including phenoxy) is 3. The summed E-state index contributed by atoms with van der Waals surface area (Å²) in [5.41, 5.74) is 2.84. The van der Waals surface area contributed by atoms with Crippen LogP contribution < -0.4 is 4.74 Å². The summed E-state index contributed by atoms with van der Waals surface area (Å²) >= 11 is 0. The first-order chi connectivity index (χ1) is 16.5. The number of aliphatic hydroxyl groups is 1. The lowest BCUT2D eigenvalue weighted by Gasteiger charge is -2.25. The molecule has 0 spiro atoms. The van der Waals surface area contributed by atoms with Gasteiger partial charge in [0.1, 0.15) is 11.4 Å². The van der Waals surface area contributed by atoms with Crippen molar-refractivity contribution in [2.24, 2.45) is 13.0 Å². The summed E-state index contributed by atoms with van der Waals surface area (Å²) in [6.45, 7) is 7.33. The van der Waals surface area contributed by atoms with Crippen LogP contribution in [0.3, 0.4) is 0 Å². The van der Waals surface area contributed by atoms with Crippen LogP contribution in [0.5, 0.6) is 11.6 Å². The lowest BCUT2D eigenvalue weighted by atomic mass is 10.1. The molecule has 2 aromatic carbocycles. The standard InChI is InChI=1S/C27H37N3O4/c1-21(2)19-33-20-23(31)17-30(15-16-32-4)18-25-26(22-11-7-5-8-12-22)28-29(3)27(25)34-24-13-9-6-10-14-24/h5-14,21,23,31H,15-20H2,1-4H3/t23-/m1/s1. The van der Waals surface area contributed by atoms with E-state index in [1.54, 1.807) is 11.8 Å². The number of methoxy groups -OCH3 is 1. The first kappa shape index (κ1) is 25.9. The highest BCUT2D eigenvalue weighted by Gasteiger charge is 2.23. The van der Waals surface area contributed by atoms with Gasteiger partial charge in [-0.2, -0.15) is 5.10 Å². The zero-order valence-electron chi connectivity index (χ0n) is 20.7. The first-order valence-corrected chi connectivity index (χ1v) is 11.8. The van der Waals surface area contributed by atoms with Gasteiger partial charge in [0.05, 0.1) is 24.9 Å². The molecule has 1 aromatic heterocycles. The minimum atomic E-state index is -0.606. The van der Waals surface area contributed by atoms with Crippen molar-refractivity contribution in [2.45, 2.75) is 26.5 Å². The minimum absolute atomic E-state index is 0.299. The molecule has 0 aliphatic heterocycles. The summed E-state index contributed by atoms with van der Waals surface area (Å²) in [6.07, 6.45) is -0.606. The number of hydrogen-bond acceptors (Lipinski definition) is 6. The Morgan fingerprint density at radius 1 is 1.00 bits per heavy atom. The fraction of sp³-hybridized carbons (Fsp3) is 0.444. The van der Waals surface area contributed by atoms with Gasteiger partial charge in [-0.25, -0.2) is 4.68 Å². The van der Waals surface area contributed by atoms with Crippen LogP contribution in [0.15, 0.2) is 60.7 Å². The van der Waals surface area contributed by atoms with Crippen LogP contribution in [0.4, 0.5) is 0 Å². The van der Waals surface area contributed by atoms with E-state index in [9.17, 15) is 5.11 Å². The van der Waals surface area contributed by atoms with Gasteiger partial charge < -0.3 is 19.3 Å². The third-order valence-corrected chi connectivity index (χ3v) is 5.32. The number of para-hydroxylation sites is 1. The van der Waals surface area contributed by atoms with Gasteiger partial charge in [-0.15, -0.1) is 0 Å². The van der Waals surface area contributed by atoms with E-state index in [1.807, 2.05) is 67.7 Å². The zero-order chi connectivity index (χ0) is 24.3. The Morgan fingerprint density at radius 2 is 1.68 bits per heavy atom. The molecule has 0 aliphatic carbocycles. The van der Waals surface area contributed by atoms with Crippen molar-refractivity contribution in [1.82, 2.24) is 14.7 Å². The molecule has 0 fully saturated rings. The predicted molar refractivity (Wildman–Crippen MR) is 134 cm³/mol. The molecule has 0 aliphatic rings. The van der Waals surface area contributed by atoms with Crippen molar-refractivity contribution in [1.29, 1.82) is 0 Å². The molecule has 0 amide bonds. The largest absolute Gasteiger partial charge is 0.439 e. The van der Waals surface area contributed by atoms with E-state index in [2.05, 4.69) is 18.7 Å². The van der Waals surface area contributed by atoms with Crippen LogP contribution in [0.25, 0.3) is 11.3 Å². The van der Waals surface area contributed by atoms with Gasteiger partial charge in [0.2, 0.25) is 5.88 Å². The predicted octanol–water partition coefficient (Wildman–Crippen LogP) is 4.36. The molecule has 184 valence electrons. The Morgan fingerprint density at radius 3 is 2.32 bits per heavy atom. The molecule has 0 bridgehead atoms. The SMILES string of the molecule is COCCN(Cc1c(-c2ccccc2)nn(C)c1Oc1ccccc1)C[C@@H](O)COCC(C)C. The molecule has 3 rings (SSSR count). The molecule has 1 N–H and O–H groups in total. The minimum Gasteiger partial charge on any atom is -0.439 e. The highest BCUT2D eigenvalue weighted by molar-refractivity contribution is 5.65. The molecule has 7 heteroatoms. The summed E-state index contributed by atoms with van der Waals surface area (Å²) in [7, 11) is 3.58. The quantitative estimate of drug-likeness (QED) is 0.380. The molecule has 1 atom stereocenters. The van der Waals surface area contributed by atoms with Gasteiger partial charge in [-0.3, -0.25) is 4.90 Å². The second kappa shape index (κ2) is 13.2. The average molecular weight is 468 g/mol. The second-order valence-electron chi connectivity index (χ2n) is 8.85. The Balaban J connectivity index is 1.88. The number of benzene rings is 2. The summed E-state index contributed by atoms with van der Waals surface area (Å²) in [4.78, 5) is 2.16. The summed E-state index contributed by atoms with van der Waals surface area (Å²) in [5, 5.41) is 15.5. The van der Waals surface area contributed by atoms with E-state index in [-0.39, 0.29) is 0 Å². The summed E-state index contributed by atoms with van der Waals surface area (Å²) < 4.78 is 19.1. The summed E-state index contributed by atoms with van der Waals surface area (Å²) in [5.74, 6) is 1.85. The van der Waals surface area contributed by atoms with Crippen molar-refractivity contribution >= 4 is 0 Å². The van der Waals surface area contributed by atoms with E-state index in [0.29, 0.717) is 51.3 Å². The Kier molecular flexibility index (Phi) is 10.1. The third kappa shape index (κ3) is 7.67. The number of aryl methyl sites for hydroxylation is 1. The molecule has 0 saturated carbocycles. The van der Waals surface area contributed by atoms with Crippen LogP contribution >= 0.6 is 0 Å². The smallest absolute Gasteiger partial charge is 0.222 e. The topological polar surface area (TPSA) is 69.0 Å². The number of hydrogen-bond donors (Lipinski definition) is 1. The van der Waals surface area contributed by atoms with Crippen LogP contribution in [-0.2, 0) is 23.1 Å². The molecular formula is C27H37N3O4. The van der Waals surface area contributed by atoms with Crippen molar-refractivity contribution in [3.8, 4) is 22.9 Å². The fourth-order valence-corrected chi connectivity index (χ4v) is 3.72. The average Bonchev–Trinajstić information content (AvgIpc) is 3.13. The highest BCUT2D eigenvalue weighted by atomic mass is 16.5. The van der Waals surface area contributed by atoms with Crippen molar-refractivity contribution in [2.75, 3.05) is 40.0 Å². The van der Waals surface area contributed by atoms with Gasteiger partial charge >= 0.3 is 0 Å². The molecule has 34 heavy (non-hydrogen) atoms. The third-order valence-electron chi connectivity index (χ3n) is 5.32. The Labute approximate surface area is 202 Å². The number of aromatic nitrogens is 2. The van der Waals surface area contributed by atoms with Crippen molar-refractivity contribution in [3.05, 3.63) is 66.2 Å². The molecular weight excluding hydrogens is 430 g/mol. The van der Waals surface area contributed by atoms with Crippen molar-refractivity contribution < 1.29 is 19.3 Å². The van der Waals surface area contributed by atoms with E-state index >= 15 is 0 Å². The maximum atomic E-state index is 10.6. The molecule has 7 nitrogen and oxygen atoms in total. The van der Waals surface area contributed by atoms with Gasteiger partial charge in [-0.1, -0.05) is 62.4 Å². The maximum absolute atomic E-state index is 10.6. The van der Waals surface area contributed by atoms with E-state index in [4.69, 9.17) is 19.3 Å².